The molecule has 0 saturated carbocycles. The van der Waals surface area contributed by atoms with E-state index in [0.29, 0.717) is 71.6 Å². The van der Waals surface area contributed by atoms with Crippen LogP contribution in [0.1, 0.15) is 148 Å². The number of halogens is 1. The number of aliphatic imine (C=N–C) groups is 1. The Morgan fingerprint density at radius 3 is 1.72 bits per heavy atom. The van der Waals surface area contributed by atoms with Crippen LogP contribution in [0.4, 0.5) is 21.2 Å². The Labute approximate surface area is 414 Å². The molecule has 5 amide bonds. The van der Waals surface area contributed by atoms with E-state index in [0.717, 1.165) is 69.1 Å². The number of rotatable bonds is 30. The number of aryl methyl sites for hydroxylation is 1. The van der Waals surface area contributed by atoms with Gasteiger partial charge in [-0.15, -0.1) is 0 Å². The SMILES string of the molecule is CCCCC[C@H](NC(=O)OC(C)(C)C)C(=O)NCCCN(CCCNC(=O)[C@H](CCCCC)NC(=O)OC(C)(C)C)CCOc1ccc(CCCCN=C(N)NC(=O)c2nc(Cl)c(N)nc2N)cc1. The molecule has 1 heterocycles. The van der Waals surface area contributed by atoms with Crippen LogP contribution in [-0.4, -0.2) is 120 Å². The van der Waals surface area contributed by atoms with Gasteiger partial charge in [0.1, 0.15) is 35.6 Å². The Bertz CT molecular complexity index is 1860. The number of unbranched alkanes of at least 4 members (excludes halogenated alkanes) is 5. The maximum absolute atomic E-state index is 13.3. The molecule has 0 bridgehead atoms. The summed E-state index contributed by atoms with van der Waals surface area (Å²) in [6, 6.07) is 6.47. The van der Waals surface area contributed by atoms with Crippen molar-refractivity contribution in [2.45, 2.75) is 162 Å². The van der Waals surface area contributed by atoms with Gasteiger partial charge in [0.2, 0.25) is 11.8 Å². The fraction of sp³-hybridized carbons (Fsp3) is 0.667. The van der Waals surface area contributed by atoms with Gasteiger partial charge in [-0.3, -0.25) is 29.6 Å². The molecule has 0 radical (unpaired) electrons. The van der Waals surface area contributed by atoms with Crippen LogP contribution in [0, 0.1) is 0 Å². The molecule has 0 spiro atoms. The van der Waals surface area contributed by atoms with Crippen molar-refractivity contribution in [2.24, 2.45) is 10.7 Å². The molecule has 2 rings (SSSR count). The van der Waals surface area contributed by atoms with Gasteiger partial charge in [-0.1, -0.05) is 76.1 Å². The number of nitrogens with two attached hydrogens (primary N) is 3. The van der Waals surface area contributed by atoms with Gasteiger partial charge in [-0.25, -0.2) is 19.6 Å². The van der Waals surface area contributed by atoms with Crippen LogP contribution in [0.5, 0.6) is 5.75 Å². The number of amides is 5. The zero-order chi connectivity index (χ0) is 51.4. The zero-order valence-electron chi connectivity index (χ0n) is 42.3. The number of anilines is 2. The summed E-state index contributed by atoms with van der Waals surface area (Å²) in [5.41, 5.74) is 16.7. The van der Waals surface area contributed by atoms with E-state index in [-0.39, 0.29) is 40.3 Å². The summed E-state index contributed by atoms with van der Waals surface area (Å²) in [6.45, 7) is 18.3. The van der Waals surface area contributed by atoms with Crippen molar-refractivity contribution in [3.63, 3.8) is 0 Å². The van der Waals surface area contributed by atoms with Crippen LogP contribution < -0.4 is 48.5 Å². The summed E-state index contributed by atoms with van der Waals surface area (Å²) < 4.78 is 17.0. The van der Waals surface area contributed by atoms with Crippen LogP contribution in [0.2, 0.25) is 5.15 Å². The average molecular weight is 990 g/mol. The molecule has 20 nitrogen and oxygen atoms in total. The Hall–Kier alpha value is -5.63. The Morgan fingerprint density at radius 2 is 1.23 bits per heavy atom. The lowest BCUT2D eigenvalue weighted by Gasteiger charge is -2.25. The van der Waals surface area contributed by atoms with Crippen molar-refractivity contribution < 1.29 is 38.2 Å². The van der Waals surface area contributed by atoms with E-state index < -0.39 is 41.4 Å². The molecule has 2 atom stereocenters. The topological polar surface area (TPSA) is 293 Å². The van der Waals surface area contributed by atoms with E-state index in [1.807, 2.05) is 24.3 Å². The van der Waals surface area contributed by atoms with E-state index in [2.05, 4.69) is 60.3 Å². The largest absolute Gasteiger partial charge is 0.492 e. The standard InChI is InChI=1S/C48H81ClN12O8/c1-9-11-13-20-35(56-45(65)68-47(3,4)5)41(62)53-27-17-29-61(30-18-28-54-42(63)36(21-14-12-10-2)57-46(66)69-48(6,7)8)31-32-67-34-24-22-33(23-25-34)19-15-16-26-55-44(52)60-43(64)37-39(50)59-40(51)38(49)58-37/h22-25,35-36H,9-21,26-32H2,1-8H3,(H,53,62)(H,54,63)(H,56,65)(H,57,66)(H4,50,51,59)(H3,52,55,60,64)/t35-,36-/m0/s1. The van der Waals surface area contributed by atoms with Crippen molar-refractivity contribution in [2.75, 3.05) is 57.3 Å². The first-order chi connectivity index (χ1) is 32.6. The van der Waals surface area contributed by atoms with Crippen molar-refractivity contribution in [3.8, 4) is 5.75 Å². The number of carbonyl (C=O) groups excluding carboxylic acids is 5. The smallest absolute Gasteiger partial charge is 0.408 e. The maximum Gasteiger partial charge on any atom is 0.408 e. The average Bonchev–Trinajstić information content (AvgIpc) is 3.25. The highest BCUT2D eigenvalue weighted by Crippen LogP contribution is 2.18. The van der Waals surface area contributed by atoms with Gasteiger partial charge >= 0.3 is 12.2 Å². The van der Waals surface area contributed by atoms with Crippen molar-refractivity contribution >= 4 is 59.1 Å². The second-order valence-electron chi connectivity index (χ2n) is 18.8. The summed E-state index contributed by atoms with van der Waals surface area (Å²) in [7, 11) is 0. The molecule has 0 aliphatic heterocycles. The third kappa shape index (κ3) is 26.6. The maximum atomic E-state index is 13.3. The fourth-order valence-corrected chi connectivity index (χ4v) is 6.88. The number of nitrogen functional groups attached to an aromatic ring is 2. The molecule has 0 unspecified atom stereocenters. The first-order valence-electron chi connectivity index (χ1n) is 24.3. The predicted octanol–water partition coefficient (Wildman–Crippen LogP) is 6.00. The number of alkyl carbamates (subject to hydrolysis) is 2. The second-order valence-corrected chi connectivity index (χ2v) is 19.2. The lowest BCUT2D eigenvalue weighted by atomic mass is 10.1. The van der Waals surface area contributed by atoms with Crippen LogP contribution in [0.3, 0.4) is 0 Å². The number of nitrogens with one attached hydrogen (secondary N) is 5. The number of ether oxygens (including phenoxy) is 3. The van der Waals surface area contributed by atoms with Crippen LogP contribution in [0.15, 0.2) is 29.3 Å². The minimum Gasteiger partial charge on any atom is -0.492 e. The number of guanidine groups is 1. The Balaban J connectivity index is 1.97. The number of nitrogens with zero attached hydrogens (tertiary/aromatic N) is 4. The molecule has 0 aliphatic carbocycles. The molecule has 21 heteroatoms. The number of hydrogen-bond donors (Lipinski definition) is 8. The number of hydrogen-bond acceptors (Lipinski definition) is 14. The quantitative estimate of drug-likeness (QED) is 0.0253. The van der Waals surface area contributed by atoms with E-state index in [1.54, 1.807) is 41.5 Å². The highest BCUT2D eigenvalue weighted by atomic mass is 35.5. The molecule has 2 aromatic rings. The molecular formula is C48H81ClN12O8. The van der Waals surface area contributed by atoms with Gasteiger partial charge < -0.3 is 52.7 Å². The Morgan fingerprint density at radius 1 is 0.710 bits per heavy atom. The highest BCUT2D eigenvalue weighted by molar-refractivity contribution is 6.31. The molecule has 0 aliphatic rings. The number of benzene rings is 1. The third-order valence-corrected chi connectivity index (χ3v) is 10.5. The van der Waals surface area contributed by atoms with Crippen LogP contribution in [0.25, 0.3) is 0 Å². The van der Waals surface area contributed by atoms with Crippen molar-refractivity contribution in [3.05, 3.63) is 40.7 Å². The summed E-state index contributed by atoms with van der Waals surface area (Å²) in [4.78, 5) is 78.2. The minimum atomic E-state index is -0.707. The monoisotopic (exact) mass is 989 g/mol. The highest BCUT2D eigenvalue weighted by Gasteiger charge is 2.26. The second kappa shape index (κ2) is 31.5. The van der Waals surface area contributed by atoms with Gasteiger partial charge in [0, 0.05) is 26.2 Å². The summed E-state index contributed by atoms with van der Waals surface area (Å²) in [6.07, 6.45) is 8.81. The molecule has 1 aromatic carbocycles. The van der Waals surface area contributed by atoms with Gasteiger partial charge in [0.05, 0.1) is 0 Å². The van der Waals surface area contributed by atoms with Crippen molar-refractivity contribution in [1.82, 2.24) is 41.5 Å². The van der Waals surface area contributed by atoms with E-state index in [9.17, 15) is 24.0 Å². The molecule has 388 valence electrons. The lowest BCUT2D eigenvalue weighted by Crippen LogP contribution is -2.48. The minimum absolute atomic E-state index is 0.0836. The molecule has 69 heavy (non-hydrogen) atoms. The molecule has 0 saturated heterocycles. The molecule has 1 aromatic heterocycles. The van der Waals surface area contributed by atoms with E-state index in [1.165, 1.54) is 0 Å². The summed E-state index contributed by atoms with van der Waals surface area (Å²) >= 11 is 5.86. The zero-order valence-corrected chi connectivity index (χ0v) is 43.0. The summed E-state index contributed by atoms with van der Waals surface area (Å²) in [5, 5.41) is 13.8. The van der Waals surface area contributed by atoms with Gasteiger partial charge in [0.15, 0.2) is 28.4 Å². The van der Waals surface area contributed by atoms with Crippen LogP contribution in [-0.2, 0) is 25.5 Å². The van der Waals surface area contributed by atoms with Gasteiger partial charge in [0.25, 0.3) is 5.91 Å². The van der Waals surface area contributed by atoms with E-state index >= 15 is 0 Å². The summed E-state index contributed by atoms with van der Waals surface area (Å²) in [5.74, 6) is -0.833. The first-order valence-corrected chi connectivity index (χ1v) is 24.7. The number of carbonyl (C=O) groups is 5. The lowest BCUT2D eigenvalue weighted by molar-refractivity contribution is -0.124. The third-order valence-electron chi connectivity index (χ3n) is 10.2. The van der Waals surface area contributed by atoms with E-state index in [4.69, 9.17) is 43.0 Å². The van der Waals surface area contributed by atoms with Crippen molar-refractivity contribution in [1.29, 1.82) is 0 Å². The molecular weight excluding hydrogens is 908 g/mol. The Kier molecular flexibility index (Phi) is 27.2. The van der Waals surface area contributed by atoms with Gasteiger partial charge in [-0.05, 0) is 117 Å². The normalized spacial score (nSPS) is 12.7. The molecule has 0 fully saturated rings. The molecule has 11 N–H and O–H groups in total. The van der Waals surface area contributed by atoms with Gasteiger partial charge in [-0.2, -0.15) is 0 Å². The van der Waals surface area contributed by atoms with Crippen LogP contribution >= 0.6 is 11.6 Å². The predicted molar refractivity (Wildman–Crippen MR) is 271 cm³/mol. The number of aromatic nitrogens is 2. The first kappa shape index (κ1) is 59.5. The fourth-order valence-electron chi connectivity index (χ4n) is 6.75.